The van der Waals surface area contributed by atoms with Crippen LogP contribution in [-0.2, 0) is 16.2 Å². The first kappa shape index (κ1) is 35.1. The number of rotatable bonds is 8. The lowest BCUT2D eigenvalue weighted by Crippen LogP contribution is -2.54. The molecule has 6 aromatic carbocycles. The van der Waals surface area contributed by atoms with Gasteiger partial charge in [-0.15, -0.1) is 0 Å². The number of amides is 4. The molecule has 1 N–H and O–H groups in total. The highest BCUT2D eigenvalue weighted by atomic mass is 16.5. The predicted molar refractivity (Wildman–Crippen MR) is 219 cm³/mol. The van der Waals surface area contributed by atoms with E-state index in [1.807, 2.05) is 36.4 Å². The van der Waals surface area contributed by atoms with Gasteiger partial charge in [-0.1, -0.05) is 103 Å². The van der Waals surface area contributed by atoms with Crippen molar-refractivity contribution in [3.8, 4) is 11.5 Å². The van der Waals surface area contributed by atoms with Crippen molar-refractivity contribution >= 4 is 46.1 Å². The number of urea groups is 1. The van der Waals surface area contributed by atoms with Crippen molar-refractivity contribution in [3.63, 3.8) is 0 Å². The van der Waals surface area contributed by atoms with E-state index in [4.69, 9.17) is 9.47 Å². The molecule has 3 aliphatic heterocycles. The molecule has 6 aromatic rings. The van der Waals surface area contributed by atoms with Crippen LogP contribution in [0.3, 0.4) is 0 Å². The molecule has 8 nitrogen and oxygen atoms in total. The topological polar surface area (TPSA) is 88.2 Å². The number of barbiturate groups is 1. The van der Waals surface area contributed by atoms with Gasteiger partial charge in [0, 0.05) is 36.2 Å². The molecule has 2 atom stereocenters. The van der Waals surface area contributed by atoms with Crippen LogP contribution in [0, 0.1) is 6.92 Å². The molecule has 8 heteroatoms. The Hall–Kier alpha value is -6.67. The normalized spacial score (nSPS) is 18.5. The summed E-state index contributed by atoms with van der Waals surface area (Å²) in [5, 5.41) is 4.71. The molecule has 0 radical (unpaired) electrons. The van der Waals surface area contributed by atoms with E-state index < -0.39 is 17.8 Å². The fourth-order valence-corrected chi connectivity index (χ4v) is 8.71. The first-order valence-corrected chi connectivity index (χ1v) is 19.1. The Bertz CT molecular complexity index is 2480. The highest BCUT2D eigenvalue weighted by Gasteiger charge is 2.40. The zero-order valence-electron chi connectivity index (χ0n) is 31.3. The molecule has 3 heterocycles. The number of nitrogens with one attached hydrogen (secondary N) is 1. The Balaban J connectivity index is 1.07. The molecular formula is C48H41N3O5. The van der Waals surface area contributed by atoms with Gasteiger partial charge in [0.1, 0.15) is 12.2 Å². The minimum Gasteiger partial charge on any atom is -0.493 e. The van der Waals surface area contributed by atoms with Crippen LogP contribution in [0.5, 0.6) is 11.5 Å². The molecule has 1 fully saturated rings. The summed E-state index contributed by atoms with van der Waals surface area (Å²) in [6.45, 7) is 4.23. The molecular weight excluding hydrogens is 699 g/mol. The maximum absolute atomic E-state index is 14.4. The lowest BCUT2D eigenvalue weighted by molar-refractivity contribution is -0.122. The van der Waals surface area contributed by atoms with E-state index in [-0.39, 0.29) is 17.4 Å². The molecule has 4 amide bonds. The summed E-state index contributed by atoms with van der Waals surface area (Å²) in [6.07, 6.45) is 3.31. The monoisotopic (exact) mass is 739 g/mol. The van der Waals surface area contributed by atoms with Gasteiger partial charge in [0.2, 0.25) is 0 Å². The molecule has 56 heavy (non-hydrogen) atoms. The lowest BCUT2D eigenvalue weighted by atomic mass is 9.76. The fourth-order valence-electron chi connectivity index (χ4n) is 8.71. The number of fused-ring (bicyclic) bond motifs is 1. The van der Waals surface area contributed by atoms with Crippen LogP contribution in [0.1, 0.15) is 63.6 Å². The molecule has 0 bridgehead atoms. The van der Waals surface area contributed by atoms with E-state index in [1.165, 1.54) is 22.9 Å². The zero-order valence-corrected chi connectivity index (χ0v) is 31.3. The highest BCUT2D eigenvalue weighted by Crippen LogP contribution is 2.50. The van der Waals surface area contributed by atoms with Gasteiger partial charge in [0.05, 0.1) is 12.8 Å². The molecule has 9 rings (SSSR count). The van der Waals surface area contributed by atoms with E-state index in [1.54, 1.807) is 25.3 Å². The summed E-state index contributed by atoms with van der Waals surface area (Å²) < 4.78 is 12.0. The average molecular weight is 740 g/mol. The number of benzene rings is 6. The minimum absolute atomic E-state index is 0.0768. The summed E-state index contributed by atoms with van der Waals surface area (Å²) in [5.41, 5.74) is 8.75. The van der Waals surface area contributed by atoms with Gasteiger partial charge < -0.3 is 14.4 Å². The quantitative estimate of drug-likeness (QED) is 0.124. The molecule has 3 aliphatic rings. The van der Waals surface area contributed by atoms with Gasteiger partial charge in [-0.05, 0) is 94.3 Å². The van der Waals surface area contributed by atoms with Crippen molar-refractivity contribution in [1.82, 2.24) is 5.32 Å². The second kappa shape index (κ2) is 14.5. The first-order chi connectivity index (χ1) is 27.4. The van der Waals surface area contributed by atoms with Gasteiger partial charge in [-0.2, -0.15) is 0 Å². The van der Waals surface area contributed by atoms with Crippen molar-refractivity contribution in [2.75, 3.05) is 30.0 Å². The SMILES string of the molecule is COc1cc(/C=C2\C(=O)NC(=O)N(c3cc4c5c(c3)[C@H](c3ccccc3)CCN5CC[C@@H]4c3ccccc3)C2=O)ccc1OCc1c(C)ccc2ccccc12. The standard InChI is InChI=1S/C48H41N3O5/c1-30-17-19-34-15-9-10-16-36(34)42(30)29-56-43-20-18-31(26-44(43)55-2)25-41-46(52)49-48(54)51(47(41)53)35-27-39-37(32-11-5-3-6-12-32)21-23-50-24-22-38(40(28-35)45(39)50)33-13-7-4-8-14-33/h3-20,25-28,37-38H,21-24,29H2,1-2H3,(H,49,52,54)/b41-25+/t37-,38+. The van der Waals surface area contributed by atoms with Gasteiger partial charge in [-0.25, -0.2) is 9.69 Å². The van der Waals surface area contributed by atoms with Crippen molar-refractivity contribution in [3.05, 3.63) is 172 Å². The van der Waals surface area contributed by atoms with Crippen LogP contribution in [0.4, 0.5) is 16.2 Å². The smallest absolute Gasteiger partial charge is 0.335 e. The molecule has 0 aliphatic carbocycles. The van der Waals surface area contributed by atoms with E-state index in [0.29, 0.717) is 29.4 Å². The average Bonchev–Trinajstić information content (AvgIpc) is 3.23. The number of aryl methyl sites for hydroxylation is 1. The van der Waals surface area contributed by atoms with Gasteiger partial charge in [0.15, 0.2) is 11.5 Å². The number of methoxy groups -OCH3 is 1. The van der Waals surface area contributed by atoms with Crippen LogP contribution in [0.15, 0.2) is 133 Å². The van der Waals surface area contributed by atoms with Gasteiger partial charge >= 0.3 is 6.03 Å². The summed E-state index contributed by atoms with van der Waals surface area (Å²) in [4.78, 5) is 45.1. The largest absolute Gasteiger partial charge is 0.493 e. The molecule has 0 aromatic heterocycles. The second-order valence-electron chi connectivity index (χ2n) is 14.7. The Morgan fingerprint density at radius 1 is 0.732 bits per heavy atom. The molecule has 0 unspecified atom stereocenters. The van der Waals surface area contributed by atoms with Crippen molar-refractivity contribution in [1.29, 1.82) is 0 Å². The summed E-state index contributed by atoms with van der Waals surface area (Å²) >= 11 is 0. The summed E-state index contributed by atoms with van der Waals surface area (Å²) in [5.74, 6) is -0.312. The zero-order chi connectivity index (χ0) is 38.3. The van der Waals surface area contributed by atoms with E-state index in [2.05, 4.69) is 89.9 Å². The number of carbonyl (C=O) groups excluding carboxylic acids is 3. The van der Waals surface area contributed by atoms with Gasteiger partial charge in [0.25, 0.3) is 11.8 Å². The lowest BCUT2D eigenvalue weighted by Gasteiger charge is -2.44. The van der Waals surface area contributed by atoms with E-state index >= 15 is 0 Å². The van der Waals surface area contributed by atoms with Crippen molar-refractivity contribution in [2.24, 2.45) is 0 Å². The third kappa shape index (κ3) is 6.27. The molecule has 0 saturated carbocycles. The highest BCUT2D eigenvalue weighted by molar-refractivity contribution is 6.39. The van der Waals surface area contributed by atoms with Crippen LogP contribution in [0.2, 0.25) is 0 Å². The van der Waals surface area contributed by atoms with Crippen LogP contribution >= 0.6 is 0 Å². The van der Waals surface area contributed by atoms with E-state index in [0.717, 1.165) is 63.9 Å². The van der Waals surface area contributed by atoms with E-state index in [9.17, 15) is 14.4 Å². The first-order valence-electron chi connectivity index (χ1n) is 19.1. The number of hydrogen-bond acceptors (Lipinski definition) is 6. The number of anilines is 2. The van der Waals surface area contributed by atoms with Crippen molar-refractivity contribution < 1.29 is 23.9 Å². The molecule has 0 spiro atoms. The van der Waals surface area contributed by atoms with Crippen molar-refractivity contribution in [2.45, 2.75) is 38.2 Å². The number of ether oxygens (including phenoxy) is 2. The second-order valence-corrected chi connectivity index (χ2v) is 14.7. The van der Waals surface area contributed by atoms with Crippen LogP contribution in [0.25, 0.3) is 16.8 Å². The maximum atomic E-state index is 14.4. The Labute approximate surface area is 326 Å². The Morgan fingerprint density at radius 3 is 2.04 bits per heavy atom. The van der Waals surface area contributed by atoms with Gasteiger partial charge in [-0.3, -0.25) is 14.9 Å². The van der Waals surface area contributed by atoms with Crippen LogP contribution in [-0.4, -0.2) is 38.0 Å². The number of nitrogens with zero attached hydrogens (tertiary/aromatic N) is 2. The number of hydrogen-bond donors (Lipinski definition) is 1. The predicted octanol–water partition coefficient (Wildman–Crippen LogP) is 9.28. The maximum Gasteiger partial charge on any atom is 0.335 e. The molecule has 278 valence electrons. The fraction of sp³-hybridized carbons (Fsp3) is 0.188. The molecule has 1 saturated heterocycles. The van der Waals surface area contributed by atoms with Crippen LogP contribution < -0.4 is 24.6 Å². The number of carbonyl (C=O) groups is 3. The third-order valence-corrected chi connectivity index (χ3v) is 11.5. The third-order valence-electron chi connectivity index (χ3n) is 11.5. The Kier molecular flexibility index (Phi) is 9.09. The Morgan fingerprint density at radius 2 is 1.38 bits per heavy atom. The summed E-state index contributed by atoms with van der Waals surface area (Å²) in [6, 6.07) is 41.7. The minimum atomic E-state index is -0.773. The number of imide groups is 2. The summed E-state index contributed by atoms with van der Waals surface area (Å²) in [7, 11) is 1.55.